The largest absolute Gasteiger partial charge is 0.488 e. The maximum Gasteiger partial charge on any atom is 0.335 e. The molecule has 2 N–H and O–H groups in total. The standard InChI is InChI=1S/C24H21BrN2O6/c25-19-12-14(8-9-20(19)33-13-15-4-3-5-16(10-15)23(30)31)11-18-21(28)26-24(32)27(22(18)29)17-6-1-2-7-17/h3-5,8-12,17H,1-2,6-7,13H2,(H,30,31)(H,26,28,32)/b18-11+. The van der Waals surface area contributed by atoms with Gasteiger partial charge in [-0.15, -0.1) is 0 Å². The van der Waals surface area contributed by atoms with Gasteiger partial charge >= 0.3 is 12.0 Å². The van der Waals surface area contributed by atoms with Crippen LogP contribution in [0.1, 0.15) is 47.2 Å². The minimum absolute atomic E-state index is 0.0902. The number of halogens is 1. The van der Waals surface area contributed by atoms with Crippen LogP contribution >= 0.6 is 15.9 Å². The van der Waals surface area contributed by atoms with Crippen molar-refractivity contribution in [2.75, 3.05) is 0 Å². The number of carboxylic acid groups (broad SMARTS) is 1. The number of ether oxygens (including phenoxy) is 1. The summed E-state index contributed by atoms with van der Waals surface area (Å²) < 4.78 is 6.38. The van der Waals surface area contributed by atoms with Crippen LogP contribution < -0.4 is 10.1 Å². The molecule has 0 bridgehead atoms. The number of nitrogens with zero attached hydrogens (tertiary/aromatic N) is 1. The molecule has 2 aromatic carbocycles. The highest BCUT2D eigenvalue weighted by molar-refractivity contribution is 9.10. The van der Waals surface area contributed by atoms with E-state index in [-0.39, 0.29) is 23.8 Å². The van der Waals surface area contributed by atoms with Crippen LogP contribution in [-0.4, -0.2) is 39.9 Å². The summed E-state index contributed by atoms with van der Waals surface area (Å²) in [7, 11) is 0. The number of imide groups is 2. The van der Waals surface area contributed by atoms with Crippen LogP contribution in [0.25, 0.3) is 6.08 Å². The van der Waals surface area contributed by atoms with E-state index in [1.807, 2.05) is 0 Å². The molecule has 0 aromatic heterocycles. The van der Waals surface area contributed by atoms with E-state index in [1.165, 1.54) is 12.1 Å². The summed E-state index contributed by atoms with van der Waals surface area (Å²) in [6.07, 6.45) is 4.84. The van der Waals surface area contributed by atoms with Crippen molar-refractivity contribution in [3.63, 3.8) is 0 Å². The number of nitrogens with one attached hydrogen (secondary N) is 1. The van der Waals surface area contributed by atoms with Crippen molar-refractivity contribution in [3.8, 4) is 5.75 Å². The van der Waals surface area contributed by atoms with Gasteiger partial charge in [0.1, 0.15) is 17.9 Å². The van der Waals surface area contributed by atoms with Gasteiger partial charge in [0.25, 0.3) is 11.8 Å². The Balaban J connectivity index is 1.50. The molecule has 1 saturated heterocycles. The van der Waals surface area contributed by atoms with Crippen molar-refractivity contribution in [1.29, 1.82) is 0 Å². The molecule has 1 heterocycles. The molecular formula is C24H21BrN2O6. The van der Waals surface area contributed by atoms with E-state index in [1.54, 1.807) is 36.4 Å². The molecule has 2 aromatic rings. The number of aromatic carboxylic acids is 1. The predicted octanol–water partition coefficient (Wildman–Crippen LogP) is 4.13. The summed E-state index contributed by atoms with van der Waals surface area (Å²) in [5.74, 6) is -1.79. The van der Waals surface area contributed by atoms with E-state index in [0.717, 1.165) is 30.6 Å². The zero-order chi connectivity index (χ0) is 23.5. The summed E-state index contributed by atoms with van der Waals surface area (Å²) in [5.41, 5.74) is 1.38. The molecule has 4 amide bonds. The first-order chi connectivity index (χ1) is 15.8. The number of rotatable bonds is 6. The highest BCUT2D eigenvalue weighted by Gasteiger charge is 2.40. The number of hydrogen-bond acceptors (Lipinski definition) is 5. The van der Waals surface area contributed by atoms with Crippen LogP contribution in [-0.2, 0) is 16.2 Å². The van der Waals surface area contributed by atoms with Gasteiger partial charge in [-0.1, -0.05) is 31.0 Å². The second-order valence-corrected chi connectivity index (χ2v) is 8.77. The summed E-state index contributed by atoms with van der Waals surface area (Å²) in [4.78, 5) is 49.8. The molecule has 1 saturated carbocycles. The van der Waals surface area contributed by atoms with E-state index < -0.39 is 23.8 Å². The average Bonchev–Trinajstić information content (AvgIpc) is 3.30. The number of urea groups is 1. The quantitative estimate of drug-likeness (QED) is 0.444. The van der Waals surface area contributed by atoms with E-state index >= 15 is 0 Å². The van der Waals surface area contributed by atoms with Gasteiger partial charge in [0.05, 0.1) is 10.0 Å². The first-order valence-corrected chi connectivity index (χ1v) is 11.3. The third-order valence-electron chi connectivity index (χ3n) is 5.66. The number of carbonyl (C=O) groups excluding carboxylic acids is 3. The molecule has 33 heavy (non-hydrogen) atoms. The lowest BCUT2D eigenvalue weighted by Crippen LogP contribution is -2.57. The molecule has 2 aliphatic rings. The van der Waals surface area contributed by atoms with Gasteiger partial charge in [-0.05, 0) is 70.2 Å². The Morgan fingerprint density at radius 3 is 2.61 bits per heavy atom. The van der Waals surface area contributed by atoms with Gasteiger partial charge in [-0.2, -0.15) is 0 Å². The van der Waals surface area contributed by atoms with Crippen LogP contribution in [0.4, 0.5) is 4.79 Å². The fourth-order valence-corrected chi connectivity index (χ4v) is 4.52. The molecule has 4 rings (SSSR count). The fourth-order valence-electron chi connectivity index (χ4n) is 4.01. The minimum atomic E-state index is -1.01. The van der Waals surface area contributed by atoms with E-state index in [4.69, 9.17) is 9.84 Å². The Hall–Kier alpha value is -3.46. The van der Waals surface area contributed by atoms with Gasteiger partial charge in [0.2, 0.25) is 0 Å². The Bertz CT molecular complexity index is 1170. The lowest BCUT2D eigenvalue weighted by Gasteiger charge is -2.31. The molecular weight excluding hydrogens is 492 g/mol. The molecule has 1 aliphatic heterocycles. The van der Waals surface area contributed by atoms with Crippen LogP contribution in [0.15, 0.2) is 52.5 Å². The van der Waals surface area contributed by atoms with Crippen molar-refractivity contribution >= 4 is 45.8 Å². The van der Waals surface area contributed by atoms with Crippen molar-refractivity contribution in [1.82, 2.24) is 10.2 Å². The fraction of sp³-hybridized carbons (Fsp3) is 0.250. The number of barbiturate groups is 1. The van der Waals surface area contributed by atoms with E-state index in [9.17, 15) is 19.2 Å². The number of amides is 4. The maximum atomic E-state index is 12.9. The maximum absolute atomic E-state index is 12.9. The van der Waals surface area contributed by atoms with Gasteiger partial charge < -0.3 is 9.84 Å². The second kappa shape index (κ2) is 9.58. The molecule has 2 fully saturated rings. The van der Waals surface area contributed by atoms with Crippen LogP contribution in [0.3, 0.4) is 0 Å². The van der Waals surface area contributed by atoms with E-state index in [2.05, 4.69) is 21.2 Å². The summed E-state index contributed by atoms with van der Waals surface area (Å²) >= 11 is 3.43. The lowest BCUT2D eigenvalue weighted by molar-refractivity contribution is -0.131. The SMILES string of the molecule is O=C1NC(=O)N(C2CCCC2)C(=O)/C1=C/c1ccc(OCc2cccc(C(=O)O)c2)c(Br)c1. The summed E-state index contributed by atoms with van der Waals surface area (Å²) in [6.45, 7) is 0.166. The number of carboxylic acids is 1. The Labute approximate surface area is 198 Å². The lowest BCUT2D eigenvalue weighted by atomic mass is 10.1. The van der Waals surface area contributed by atoms with Gasteiger partial charge in [0, 0.05) is 6.04 Å². The molecule has 0 spiro atoms. The Morgan fingerprint density at radius 1 is 1.15 bits per heavy atom. The number of benzene rings is 2. The third-order valence-corrected chi connectivity index (χ3v) is 6.28. The smallest absolute Gasteiger partial charge is 0.335 e. The van der Waals surface area contributed by atoms with Crippen LogP contribution in [0.5, 0.6) is 5.75 Å². The number of hydrogen-bond donors (Lipinski definition) is 2. The molecule has 0 unspecified atom stereocenters. The molecule has 0 radical (unpaired) electrons. The minimum Gasteiger partial charge on any atom is -0.488 e. The zero-order valence-corrected chi connectivity index (χ0v) is 19.1. The van der Waals surface area contributed by atoms with Crippen molar-refractivity contribution in [2.24, 2.45) is 0 Å². The van der Waals surface area contributed by atoms with Crippen molar-refractivity contribution in [2.45, 2.75) is 38.3 Å². The van der Waals surface area contributed by atoms with Crippen LogP contribution in [0.2, 0.25) is 0 Å². The first kappa shape index (κ1) is 22.7. The summed E-state index contributed by atoms with van der Waals surface area (Å²) in [5, 5.41) is 11.4. The Morgan fingerprint density at radius 2 is 1.91 bits per heavy atom. The number of carbonyl (C=O) groups is 4. The van der Waals surface area contributed by atoms with Crippen molar-refractivity contribution < 1.29 is 29.0 Å². The van der Waals surface area contributed by atoms with Gasteiger partial charge in [-0.25, -0.2) is 9.59 Å². The second-order valence-electron chi connectivity index (χ2n) is 7.91. The topological polar surface area (TPSA) is 113 Å². The predicted molar refractivity (Wildman–Crippen MR) is 122 cm³/mol. The zero-order valence-electron chi connectivity index (χ0n) is 17.5. The van der Waals surface area contributed by atoms with Gasteiger partial charge in [-0.3, -0.25) is 19.8 Å². The molecule has 9 heteroatoms. The highest BCUT2D eigenvalue weighted by atomic mass is 79.9. The monoisotopic (exact) mass is 512 g/mol. The van der Waals surface area contributed by atoms with Gasteiger partial charge in [0.15, 0.2) is 0 Å². The average molecular weight is 513 g/mol. The first-order valence-electron chi connectivity index (χ1n) is 10.5. The van der Waals surface area contributed by atoms with E-state index in [0.29, 0.717) is 21.3 Å². The molecule has 0 atom stereocenters. The Kier molecular flexibility index (Phi) is 6.60. The highest BCUT2D eigenvalue weighted by Crippen LogP contribution is 2.30. The molecule has 170 valence electrons. The molecule has 1 aliphatic carbocycles. The normalized spacial score (nSPS) is 18.0. The third kappa shape index (κ3) is 4.98. The summed E-state index contributed by atoms with van der Waals surface area (Å²) in [6, 6.07) is 10.7. The van der Waals surface area contributed by atoms with Crippen LogP contribution in [0, 0.1) is 0 Å². The molecule has 8 nitrogen and oxygen atoms in total. The van der Waals surface area contributed by atoms with Crippen molar-refractivity contribution in [3.05, 3.63) is 69.2 Å².